The highest BCUT2D eigenvalue weighted by atomic mass is 19.1. The van der Waals surface area contributed by atoms with E-state index < -0.39 is 29.0 Å². The fraction of sp³-hybridized carbons (Fsp3) is 0.533. The Labute approximate surface area is 117 Å². The van der Waals surface area contributed by atoms with Crippen LogP contribution in [0, 0.1) is 11.2 Å². The topological polar surface area (TPSA) is 60.8 Å². The molecule has 1 heterocycles. The Morgan fingerprint density at radius 1 is 1.45 bits per heavy atom. The molecule has 1 aliphatic rings. The summed E-state index contributed by atoms with van der Waals surface area (Å²) in [5.41, 5.74) is -0.819. The lowest BCUT2D eigenvalue weighted by Gasteiger charge is -2.47. The third-order valence-corrected chi connectivity index (χ3v) is 4.16. The maximum atomic E-state index is 13.6. The first kappa shape index (κ1) is 14.8. The van der Waals surface area contributed by atoms with E-state index in [1.807, 2.05) is 20.8 Å². The van der Waals surface area contributed by atoms with Crippen LogP contribution >= 0.6 is 0 Å². The molecular weight excluding hydrogens is 261 g/mol. The first-order chi connectivity index (χ1) is 9.18. The van der Waals surface area contributed by atoms with Gasteiger partial charge in [-0.2, -0.15) is 0 Å². The van der Waals surface area contributed by atoms with Gasteiger partial charge in [-0.15, -0.1) is 0 Å². The highest BCUT2D eigenvalue weighted by Gasteiger charge is 2.55. The zero-order valence-corrected chi connectivity index (χ0v) is 11.9. The quantitative estimate of drug-likeness (QED) is 0.832. The zero-order chi connectivity index (χ0) is 15.1. The fourth-order valence-electron chi connectivity index (χ4n) is 3.29. The molecule has 110 valence electrons. The average molecular weight is 281 g/mol. The largest absolute Gasteiger partial charge is 0.465 e. The molecule has 1 aromatic rings. The normalized spacial score (nSPS) is 26.9. The van der Waals surface area contributed by atoms with Gasteiger partial charge in [0.2, 0.25) is 0 Å². The smallest absolute Gasteiger partial charge is 0.408 e. The highest BCUT2D eigenvalue weighted by Crippen LogP contribution is 2.51. The predicted molar refractivity (Wildman–Crippen MR) is 72.9 cm³/mol. The molecule has 0 bridgehead atoms. The molecule has 0 saturated carbocycles. The lowest BCUT2D eigenvalue weighted by molar-refractivity contribution is 0.0269. The van der Waals surface area contributed by atoms with Crippen molar-refractivity contribution in [3.8, 4) is 0 Å². The van der Waals surface area contributed by atoms with Crippen molar-refractivity contribution in [1.29, 1.82) is 0 Å². The van der Waals surface area contributed by atoms with Gasteiger partial charge in [-0.05, 0) is 23.1 Å². The predicted octanol–water partition coefficient (Wildman–Crippen LogP) is 2.81. The number of carboxylic acid groups (broad SMARTS) is 1. The maximum Gasteiger partial charge on any atom is 0.408 e. The van der Waals surface area contributed by atoms with Crippen molar-refractivity contribution in [2.24, 2.45) is 5.41 Å². The Hall–Kier alpha value is -1.62. The van der Waals surface area contributed by atoms with Crippen LogP contribution in [0.25, 0.3) is 0 Å². The van der Waals surface area contributed by atoms with Crippen LogP contribution in [-0.4, -0.2) is 33.9 Å². The Morgan fingerprint density at radius 3 is 2.60 bits per heavy atom. The van der Waals surface area contributed by atoms with E-state index in [0.717, 1.165) is 0 Å². The van der Waals surface area contributed by atoms with Crippen molar-refractivity contribution < 1.29 is 19.4 Å². The molecule has 1 aromatic carbocycles. The molecule has 2 atom stereocenters. The lowest BCUT2D eigenvalue weighted by Crippen LogP contribution is -2.52. The van der Waals surface area contributed by atoms with E-state index in [-0.39, 0.29) is 13.0 Å². The Bertz CT molecular complexity index is 526. The van der Waals surface area contributed by atoms with Crippen LogP contribution < -0.4 is 0 Å². The molecule has 2 N–H and O–H groups in total. The first-order valence-corrected chi connectivity index (χ1v) is 6.63. The van der Waals surface area contributed by atoms with Crippen molar-refractivity contribution in [1.82, 2.24) is 4.90 Å². The summed E-state index contributed by atoms with van der Waals surface area (Å²) in [5.74, 6) is -0.405. The molecule has 0 aromatic heterocycles. The highest BCUT2D eigenvalue weighted by molar-refractivity contribution is 5.68. The minimum atomic E-state index is -1.10. The van der Waals surface area contributed by atoms with Gasteiger partial charge in [0, 0.05) is 6.42 Å². The molecule has 20 heavy (non-hydrogen) atoms. The van der Waals surface area contributed by atoms with Crippen LogP contribution in [0.15, 0.2) is 24.3 Å². The van der Waals surface area contributed by atoms with E-state index in [0.29, 0.717) is 5.56 Å². The minimum Gasteiger partial charge on any atom is -0.465 e. The second-order valence-corrected chi connectivity index (χ2v) is 6.37. The summed E-state index contributed by atoms with van der Waals surface area (Å²) >= 11 is 0. The van der Waals surface area contributed by atoms with Crippen LogP contribution in [0.1, 0.15) is 32.8 Å². The van der Waals surface area contributed by atoms with E-state index in [9.17, 15) is 19.4 Å². The molecule has 1 saturated heterocycles. The van der Waals surface area contributed by atoms with Gasteiger partial charge in [-0.25, -0.2) is 9.18 Å². The number of likely N-dealkylation sites (tertiary alicyclic amines) is 1. The molecular formula is C15H20FNO3. The van der Waals surface area contributed by atoms with Gasteiger partial charge in [0.1, 0.15) is 5.82 Å². The van der Waals surface area contributed by atoms with Crippen molar-refractivity contribution in [2.75, 3.05) is 6.54 Å². The number of amides is 1. The number of hydrogen-bond acceptors (Lipinski definition) is 2. The van der Waals surface area contributed by atoms with Gasteiger partial charge in [0.15, 0.2) is 0 Å². The third-order valence-electron chi connectivity index (χ3n) is 4.16. The molecule has 1 fully saturated rings. The summed E-state index contributed by atoms with van der Waals surface area (Å²) in [5, 5.41) is 19.5. The van der Waals surface area contributed by atoms with E-state index in [1.54, 1.807) is 12.1 Å². The van der Waals surface area contributed by atoms with E-state index in [2.05, 4.69) is 0 Å². The molecule has 1 amide bonds. The Morgan fingerprint density at radius 2 is 2.10 bits per heavy atom. The maximum absolute atomic E-state index is 13.6. The van der Waals surface area contributed by atoms with Crippen LogP contribution in [0.3, 0.4) is 0 Å². The number of β-amino-alcohol motifs (C(OH)–C–C–N with tert-alkyl or cyclic N) is 1. The zero-order valence-electron chi connectivity index (χ0n) is 11.9. The average Bonchev–Trinajstić information content (AvgIpc) is 2.67. The van der Waals surface area contributed by atoms with Crippen LogP contribution in [0.2, 0.25) is 0 Å². The van der Waals surface area contributed by atoms with Gasteiger partial charge in [0.25, 0.3) is 0 Å². The van der Waals surface area contributed by atoms with Crippen molar-refractivity contribution in [3.05, 3.63) is 35.6 Å². The monoisotopic (exact) mass is 281 g/mol. The second kappa shape index (κ2) is 4.74. The number of rotatable bonds is 1. The molecule has 1 unspecified atom stereocenters. The summed E-state index contributed by atoms with van der Waals surface area (Å²) in [6, 6.07) is 5.99. The van der Waals surface area contributed by atoms with Gasteiger partial charge in [-0.3, -0.25) is 4.90 Å². The molecule has 2 rings (SSSR count). The third kappa shape index (κ3) is 2.16. The molecule has 5 heteroatoms. The van der Waals surface area contributed by atoms with Crippen LogP contribution in [0.5, 0.6) is 0 Å². The number of hydrogen-bond donors (Lipinski definition) is 2. The van der Waals surface area contributed by atoms with Gasteiger partial charge >= 0.3 is 6.09 Å². The van der Waals surface area contributed by atoms with E-state index in [1.165, 1.54) is 17.0 Å². The lowest BCUT2D eigenvalue weighted by atomic mass is 9.67. The van der Waals surface area contributed by atoms with Gasteiger partial charge < -0.3 is 10.2 Å². The SMILES string of the molecule is CC(C)(C)C1(c2cccc(F)c2)C[C@@H](O)CN1C(=O)O. The molecule has 0 spiro atoms. The van der Waals surface area contributed by atoms with E-state index >= 15 is 0 Å². The fourth-order valence-corrected chi connectivity index (χ4v) is 3.29. The van der Waals surface area contributed by atoms with Crippen molar-refractivity contribution in [3.63, 3.8) is 0 Å². The summed E-state index contributed by atoms with van der Waals surface area (Å²) in [6.07, 6.45) is -1.57. The number of carbonyl (C=O) groups is 1. The van der Waals surface area contributed by atoms with Crippen molar-refractivity contribution >= 4 is 6.09 Å². The van der Waals surface area contributed by atoms with Gasteiger partial charge in [-0.1, -0.05) is 32.9 Å². The number of aliphatic hydroxyl groups is 1. The molecule has 4 nitrogen and oxygen atoms in total. The molecule has 1 aliphatic heterocycles. The standard InChI is InChI=1S/C15H20FNO3/c1-14(2,3)15(10-5-4-6-11(16)7-10)8-12(18)9-17(15)13(19)20/h4-7,12,18H,8-9H2,1-3H3,(H,19,20)/t12-,15?/m1/s1. The summed E-state index contributed by atoms with van der Waals surface area (Å²) < 4.78 is 13.6. The van der Waals surface area contributed by atoms with Crippen LogP contribution in [-0.2, 0) is 5.54 Å². The Kier molecular flexibility index (Phi) is 3.50. The summed E-state index contributed by atoms with van der Waals surface area (Å²) in [6.45, 7) is 5.77. The Balaban J connectivity index is 2.65. The molecule has 0 radical (unpaired) electrons. The summed E-state index contributed by atoms with van der Waals surface area (Å²) in [4.78, 5) is 12.8. The summed E-state index contributed by atoms with van der Waals surface area (Å²) in [7, 11) is 0. The number of benzene rings is 1. The number of aliphatic hydroxyl groups excluding tert-OH is 1. The second-order valence-electron chi connectivity index (χ2n) is 6.37. The van der Waals surface area contributed by atoms with Gasteiger partial charge in [0.05, 0.1) is 18.2 Å². The number of halogens is 1. The van der Waals surface area contributed by atoms with Crippen molar-refractivity contribution in [2.45, 2.75) is 38.8 Å². The molecule has 0 aliphatic carbocycles. The minimum absolute atomic E-state index is 0.0448. The first-order valence-electron chi connectivity index (χ1n) is 6.63. The number of nitrogens with zero attached hydrogens (tertiary/aromatic N) is 1. The van der Waals surface area contributed by atoms with E-state index in [4.69, 9.17) is 0 Å². The van der Waals surface area contributed by atoms with Crippen LogP contribution in [0.4, 0.5) is 9.18 Å².